The first-order chi connectivity index (χ1) is 16.2. The molecule has 0 radical (unpaired) electrons. The highest BCUT2D eigenvalue weighted by molar-refractivity contribution is 5.94. The molecular weight excluding hydrogens is 454 g/mol. The number of ether oxygens (including phenoxy) is 2. The van der Waals surface area contributed by atoms with Gasteiger partial charge >= 0.3 is 6.36 Å². The summed E-state index contributed by atoms with van der Waals surface area (Å²) >= 11 is 0. The standard InChI is InChI=1S/C24H19F4N3O3/c1-2-20-22(31-14-16(25)5-12-21(31)30-20)23(32)29-13-15-3-6-17(7-4-15)33-18-8-10-19(11-9-18)34-24(26,27)28/h3-12,14H,2,13H2,1H3,(H,29,32). The number of pyridine rings is 1. The maximum atomic E-state index is 13.7. The summed E-state index contributed by atoms with van der Waals surface area (Å²) in [6, 6.07) is 14.7. The molecule has 2 heterocycles. The molecule has 6 nitrogen and oxygen atoms in total. The number of hydrogen-bond acceptors (Lipinski definition) is 4. The predicted molar refractivity (Wildman–Crippen MR) is 115 cm³/mol. The molecule has 0 fully saturated rings. The van der Waals surface area contributed by atoms with Crippen LogP contribution < -0.4 is 14.8 Å². The zero-order valence-electron chi connectivity index (χ0n) is 17.9. The van der Waals surface area contributed by atoms with E-state index in [0.717, 1.165) is 17.7 Å². The predicted octanol–water partition coefficient (Wildman–Crippen LogP) is 5.66. The molecule has 0 aliphatic rings. The molecular formula is C24H19F4N3O3. The number of halogens is 4. The summed E-state index contributed by atoms with van der Waals surface area (Å²) in [6.45, 7) is 2.08. The molecule has 176 valence electrons. The lowest BCUT2D eigenvalue weighted by Gasteiger charge is -2.11. The number of imidazole rings is 1. The maximum Gasteiger partial charge on any atom is 0.573 e. The number of hydrogen-bond donors (Lipinski definition) is 1. The fraction of sp³-hybridized carbons (Fsp3) is 0.167. The van der Waals surface area contributed by atoms with E-state index in [2.05, 4.69) is 15.0 Å². The Morgan fingerprint density at radius 1 is 0.971 bits per heavy atom. The fourth-order valence-electron chi connectivity index (χ4n) is 3.34. The Labute approximate surface area is 191 Å². The topological polar surface area (TPSA) is 64.9 Å². The molecule has 0 spiro atoms. The van der Waals surface area contributed by atoms with E-state index in [1.807, 2.05) is 6.92 Å². The van der Waals surface area contributed by atoms with E-state index < -0.39 is 12.2 Å². The first kappa shape index (κ1) is 23.1. The molecule has 34 heavy (non-hydrogen) atoms. The minimum Gasteiger partial charge on any atom is -0.457 e. The van der Waals surface area contributed by atoms with E-state index in [1.165, 1.54) is 34.9 Å². The molecule has 2 aromatic heterocycles. The second-order valence-electron chi connectivity index (χ2n) is 7.28. The third kappa shape index (κ3) is 5.45. The molecule has 1 amide bonds. The van der Waals surface area contributed by atoms with E-state index in [4.69, 9.17) is 4.74 Å². The Morgan fingerprint density at radius 3 is 2.21 bits per heavy atom. The molecule has 0 aliphatic carbocycles. The van der Waals surface area contributed by atoms with Gasteiger partial charge in [0.1, 0.15) is 34.4 Å². The summed E-state index contributed by atoms with van der Waals surface area (Å²) in [5.74, 6) is -0.394. The summed E-state index contributed by atoms with van der Waals surface area (Å²) in [6.07, 6.45) is -3.02. The first-order valence-electron chi connectivity index (χ1n) is 10.3. The smallest absolute Gasteiger partial charge is 0.457 e. The van der Waals surface area contributed by atoms with Gasteiger partial charge in [0.15, 0.2) is 0 Å². The van der Waals surface area contributed by atoms with Crippen LogP contribution in [0.15, 0.2) is 66.9 Å². The van der Waals surface area contributed by atoms with Gasteiger partial charge in [-0.3, -0.25) is 9.20 Å². The second kappa shape index (κ2) is 9.42. The lowest BCUT2D eigenvalue weighted by molar-refractivity contribution is -0.274. The number of nitrogens with zero attached hydrogens (tertiary/aromatic N) is 2. The Kier molecular flexibility index (Phi) is 6.40. The van der Waals surface area contributed by atoms with Gasteiger partial charge in [-0.2, -0.15) is 0 Å². The van der Waals surface area contributed by atoms with Crippen molar-refractivity contribution >= 4 is 11.6 Å². The summed E-state index contributed by atoms with van der Waals surface area (Å²) in [5, 5.41) is 2.81. The Balaban J connectivity index is 1.38. The van der Waals surface area contributed by atoms with E-state index in [-0.39, 0.29) is 23.9 Å². The molecule has 1 N–H and O–H groups in total. The van der Waals surface area contributed by atoms with Crippen molar-refractivity contribution in [1.82, 2.24) is 14.7 Å². The van der Waals surface area contributed by atoms with E-state index in [0.29, 0.717) is 29.3 Å². The van der Waals surface area contributed by atoms with E-state index >= 15 is 0 Å². The molecule has 0 saturated heterocycles. The number of benzene rings is 2. The van der Waals surface area contributed by atoms with Gasteiger partial charge in [-0.25, -0.2) is 9.37 Å². The normalized spacial score (nSPS) is 11.4. The minimum atomic E-state index is -4.76. The van der Waals surface area contributed by atoms with Crippen molar-refractivity contribution in [1.29, 1.82) is 0 Å². The van der Waals surface area contributed by atoms with Crippen LogP contribution in [-0.4, -0.2) is 21.7 Å². The van der Waals surface area contributed by atoms with Crippen molar-refractivity contribution in [3.63, 3.8) is 0 Å². The average Bonchev–Trinajstić information content (AvgIpc) is 3.16. The highest BCUT2D eigenvalue weighted by atomic mass is 19.4. The number of amides is 1. The molecule has 0 aliphatic heterocycles. The second-order valence-corrected chi connectivity index (χ2v) is 7.28. The van der Waals surface area contributed by atoms with Crippen LogP contribution in [0.2, 0.25) is 0 Å². The highest BCUT2D eigenvalue weighted by Crippen LogP contribution is 2.27. The van der Waals surface area contributed by atoms with Gasteiger partial charge in [0, 0.05) is 12.7 Å². The minimum absolute atomic E-state index is 0.217. The lowest BCUT2D eigenvalue weighted by atomic mass is 10.2. The van der Waals surface area contributed by atoms with Crippen molar-refractivity contribution in [2.75, 3.05) is 0 Å². The Hall–Kier alpha value is -4.08. The van der Waals surface area contributed by atoms with Crippen LogP contribution in [0.1, 0.15) is 28.7 Å². The number of aryl methyl sites for hydroxylation is 1. The van der Waals surface area contributed by atoms with Gasteiger partial charge in [0.25, 0.3) is 5.91 Å². The molecule has 0 saturated carbocycles. The number of carbonyl (C=O) groups is 1. The summed E-state index contributed by atoms with van der Waals surface area (Å²) in [4.78, 5) is 17.2. The van der Waals surface area contributed by atoms with E-state index in [9.17, 15) is 22.4 Å². The molecule has 10 heteroatoms. The largest absolute Gasteiger partial charge is 0.573 e. The van der Waals surface area contributed by atoms with Crippen LogP contribution in [0.3, 0.4) is 0 Å². The van der Waals surface area contributed by atoms with Crippen molar-refractivity contribution < 1.29 is 31.8 Å². The molecule has 0 unspecified atom stereocenters. The summed E-state index contributed by atoms with van der Waals surface area (Å²) < 4.78 is 61.3. The van der Waals surface area contributed by atoms with E-state index in [1.54, 1.807) is 24.3 Å². The van der Waals surface area contributed by atoms with Crippen molar-refractivity contribution in [2.24, 2.45) is 0 Å². The van der Waals surface area contributed by atoms with Crippen LogP contribution in [0.25, 0.3) is 5.65 Å². The highest BCUT2D eigenvalue weighted by Gasteiger charge is 2.31. The fourth-order valence-corrected chi connectivity index (χ4v) is 3.34. The third-order valence-corrected chi connectivity index (χ3v) is 4.87. The van der Waals surface area contributed by atoms with Crippen LogP contribution >= 0.6 is 0 Å². The molecule has 4 aromatic rings. The number of alkyl halides is 3. The Bertz CT molecular complexity index is 1300. The molecule has 0 atom stereocenters. The van der Waals surface area contributed by atoms with Crippen LogP contribution in [-0.2, 0) is 13.0 Å². The van der Waals surface area contributed by atoms with Gasteiger partial charge in [0.2, 0.25) is 0 Å². The van der Waals surface area contributed by atoms with Crippen LogP contribution in [0.4, 0.5) is 17.6 Å². The van der Waals surface area contributed by atoms with Crippen molar-refractivity contribution in [3.05, 3.63) is 89.6 Å². The summed E-state index contributed by atoms with van der Waals surface area (Å²) in [7, 11) is 0. The van der Waals surface area contributed by atoms with Gasteiger partial charge in [-0.15, -0.1) is 13.2 Å². The van der Waals surface area contributed by atoms with Crippen molar-refractivity contribution in [2.45, 2.75) is 26.3 Å². The Morgan fingerprint density at radius 2 is 1.59 bits per heavy atom. The summed E-state index contributed by atoms with van der Waals surface area (Å²) in [5.41, 5.74) is 2.13. The number of carbonyl (C=O) groups excluding carboxylic acids is 1. The van der Waals surface area contributed by atoms with Gasteiger partial charge < -0.3 is 14.8 Å². The van der Waals surface area contributed by atoms with Crippen LogP contribution in [0, 0.1) is 5.82 Å². The molecule has 4 rings (SSSR count). The number of rotatable bonds is 7. The zero-order valence-corrected chi connectivity index (χ0v) is 17.9. The van der Waals surface area contributed by atoms with Gasteiger partial charge in [0.05, 0.1) is 5.69 Å². The first-order valence-corrected chi connectivity index (χ1v) is 10.3. The number of fused-ring (bicyclic) bond motifs is 1. The average molecular weight is 473 g/mol. The van der Waals surface area contributed by atoms with Gasteiger partial charge in [-0.1, -0.05) is 19.1 Å². The van der Waals surface area contributed by atoms with Crippen LogP contribution in [0.5, 0.6) is 17.2 Å². The lowest BCUT2D eigenvalue weighted by Crippen LogP contribution is -2.25. The zero-order chi connectivity index (χ0) is 24.3. The maximum absolute atomic E-state index is 13.7. The quantitative estimate of drug-likeness (QED) is 0.352. The molecule has 2 aromatic carbocycles. The van der Waals surface area contributed by atoms with Crippen molar-refractivity contribution in [3.8, 4) is 17.2 Å². The number of aromatic nitrogens is 2. The van der Waals surface area contributed by atoms with Gasteiger partial charge in [-0.05, 0) is 60.5 Å². The number of nitrogens with one attached hydrogen (secondary N) is 1. The molecule has 0 bridgehead atoms. The monoisotopic (exact) mass is 473 g/mol. The SMILES string of the molecule is CCc1nc2ccc(F)cn2c1C(=O)NCc1ccc(Oc2ccc(OC(F)(F)F)cc2)cc1. The third-order valence-electron chi connectivity index (χ3n) is 4.87.